The van der Waals surface area contributed by atoms with Gasteiger partial charge in [-0.2, -0.15) is 5.10 Å². The van der Waals surface area contributed by atoms with Crippen LogP contribution in [0, 0.1) is 5.82 Å². The van der Waals surface area contributed by atoms with Crippen LogP contribution in [0.5, 0.6) is 0 Å². The van der Waals surface area contributed by atoms with Gasteiger partial charge in [-0.25, -0.2) is 18.7 Å². The van der Waals surface area contributed by atoms with Crippen LogP contribution in [0.15, 0.2) is 77.6 Å². The number of fused-ring (bicyclic) bond motifs is 1. The molecule has 148 valence electrons. The zero-order chi connectivity index (χ0) is 20.5. The number of hydrogen-bond donors (Lipinski definition) is 0. The van der Waals surface area contributed by atoms with Gasteiger partial charge in [0, 0.05) is 22.9 Å². The van der Waals surface area contributed by atoms with Gasteiger partial charge < -0.3 is 4.42 Å². The van der Waals surface area contributed by atoms with E-state index in [1.54, 1.807) is 18.3 Å². The summed E-state index contributed by atoms with van der Waals surface area (Å²) in [6.07, 6.45) is 3.17. The van der Waals surface area contributed by atoms with Gasteiger partial charge >= 0.3 is 0 Å². The minimum atomic E-state index is -0.549. The number of furan rings is 1. The summed E-state index contributed by atoms with van der Waals surface area (Å²) in [6.45, 7) is -0.434. The zero-order valence-electron chi connectivity index (χ0n) is 15.8. The molecule has 0 atom stereocenters. The molecule has 0 spiro atoms. The predicted octanol–water partition coefficient (Wildman–Crippen LogP) is 5.53. The van der Waals surface area contributed by atoms with E-state index in [9.17, 15) is 8.78 Å². The molecule has 0 unspecified atom stereocenters. The molecule has 0 fully saturated rings. The van der Waals surface area contributed by atoms with E-state index in [-0.39, 0.29) is 12.4 Å². The molecule has 5 rings (SSSR count). The number of benzene rings is 2. The van der Waals surface area contributed by atoms with Gasteiger partial charge in [-0.3, -0.25) is 4.68 Å². The molecule has 7 heteroatoms. The topological polar surface area (TPSA) is 56.7 Å². The first kappa shape index (κ1) is 18.2. The summed E-state index contributed by atoms with van der Waals surface area (Å²) >= 11 is 0. The van der Waals surface area contributed by atoms with Crippen LogP contribution in [-0.2, 0) is 6.54 Å². The van der Waals surface area contributed by atoms with E-state index < -0.39 is 6.67 Å². The predicted molar refractivity (Wildman–Crippen MR) is 110 cm³/mol. The quantitative estimate of drug-likeness (QED) is 0.388. The van der Waals surface area contributed by atoms with Crippen LogP contribution in [0.1, 0.15) is 0 Å². The average molecular weight is 402 g/mol. The molecule has 2 aromatic carbocycles. The molecule has 0 amide bonds. The van der Waals surface area contributed by atoms with Crippen LogP contribution in [0.4, 0.5) is 8.78 Å². The maximum Gasteiger partial charge on any atom is 0.230 e. The van der Waals surface area contributed by atoms with Crippen molar-refractivity contribution in [1.82, 2.24) is 19.7 Å². The Morgan fingerprint density at radius 1 is 0.900 bits per heavy atom. The van der Waals surface area contributed by atoms with E-state index in [4.69, 9.17) is 4.42 Å². The maximum absolute atomic E-state index is 13.4. The third-order valence-corrected chi connectivity index (χ3v) is 4.84. The van der Waals surface area contributed by atoms with Crippen molar-refractivity contribution in [2.45, 2.75) is 6.54 Å². The number of aryl methyl sites for hydroxylation is 1. The number of nitrogens with zero attached hydrogens (tertiary/aromatic N) is 4. The highest BCUT2D eigenvalue weighted by Gasteiger charge is 2.19. The van der Waals surface area contributed by atoms with Gasteiger partial charge in [0.2, 0.25) is 5.71 Å². The minimum Gasteiger partial charge on any atom is -0.438 e. The van der Waals surface area contributed by atoms with E-state index in [1.807, 2.05) is 36.4 Å². The van der Waals surface area contributed by atoms with E-state index in [0.717, 1.165) is 10.9 Å². The fourth-order valence-electron chi connectivity index (χ4n) is 3.43. The monoisotopic (exact) mass is 402 g/mol. The summed E-state index contributed by atoms with van der Waals surface area (Å²) in [5.74, 6) is 0.335. The largest absolute Gasteiger partial charge is 0.438 e. The summed E-state index contributed by atoms with van der Waals surface area (Å²) < 4.78 is 33.9. The van der Waals surface area contributed by atoms with Gasteiger partial charge in [0.15, 0.2) is 0 Å². The summed E-state index contributed by atoms with van der Waals surface area (Å²) in [5, 5.41) is 5.23. The lowest BCUT2D eigenvalue weighted by Crippen LogP contribution is -1.99. The van der Waals surface area contributed by atoms with Gasteiger partial charge in [-0.15, -0.1) is 0 Å². The molecule has 3 heterocycles. The van der Waals surface area contributed by atoms with Crippen LogP contribution in [0.2, 0.25) is 0 Å². The molecule has 0 N–H and O–H groups in total. The van der Waals surface area contributed by atoms with Crippen molar-refractivity contribution in [3.05, 3.63) is 79.0 Å². The molecule has 0 saturated carbocycles. The van der Waals surface area contributed by atoms with Crippen LogP contribution in [0.3, 0.4) is 0 Å². The van der Waals surface area contributed by atoms with E-state index in [0.29, 0.717) is 34.0 Å². The van der Waals surface area contributed by atoms with Crippen LogP contribution < -0.4 is 0 Å². The third-order valence-electron chi connectivity index (χ3n) is 4.84. The fourth-order valence-corrected chi connectivity index (χ4v) is 3.43. The normalized spacial score (nSPS) is 11.3. The summed E-state index contributed by atoms with van der Waals surface area (Å²) in [4.78, 5) is 8.73. The van der Waals surface area contributed by atoms with Crippen LogP contribution in [-0.4, -0.2) is 26.4 Å². The minimum absolute atomic E-state index is 0.114. The molecule has 5 aromatic rings. The first-order valence-corrected chi connectivity index (χ1v) is 9.42. The smallest absolute Gasteiger partial charge is 0.230 e. The molecule has 0 aliphatic heterocycles. The Balaban J connectivity index is 1.70. The Kier molecular flexibility index (Phi) is 4.55. The van der Waals surface area contributed by atoms with E-state index in [2.05, 4.69) is 15.1 Å². The molecule has 3 aromatic heterocycles. The van der Waals surface area contributed by atoms with Crippen molar-refractivity contribution in [2.24, 2.45) is 0 Å². The molecule has 30 heavy (non-hydrogen) atoms. The number of halogens is 2. The van der Waals surface area contributed by atoms with Crippen LogP contribution in [0.25, 0.3) is 44.9 Å². The van der Waals surface area contributed by atoms with Gasteiger partial charge in [0.05, 0.1) is 17.6 Å². The fraction of sp³-hybridized carbons (Fsp3) is 0.0870. The summed E-state index contributed by atoms with van der Waals surface area (Å²) in [6, 6.07) is 17.6. The lowest BCUT2D eigenvalue weighted by molar-refractivity contribution is 0.427. The summed E-state index contributed by atoms with van der Waals surface area (Å²) in [7, 11) is 0. The molecule has 0 aliphatic carbocycles. The molecule has 0 aliphatic rings. The second-order valence-electron chi connectivity index (χ2n) is 6.77. The lowest BCUT2D eigenvalue weighted by atomic mass is 10.0. The number of hydrogen-bond acceptors (Lipinski definition) is 4. The Bertz CT molecular complexity index is 1310. The number of alkyl halides is 1. The molecule has 0 bridgehead atoms. The van der Waals surface area contributed by atoms with Crippen molar-refractivity contribution < 1.29 is 13.2 Å². The Morgan fingerprint density at radius 3 is 2.47 bits per heavy atom. The number of rotatable bonds is 5. The van der Waals surface area contributed by atoms with E-state index in [1.165, 1.54) is 23.1 Å². The Labute approximate surface area is 170 Å². The van der Waals surface area contributed by atoms with Crippen LogP contribution >= 0.6 is 0 Å². The molecule has 5 nitrogen and oxygen atoms in total. The van der Waals surface area contributed by atoms with Crippen molar-refractivity contribution in [1.29, 1.82) is 0 Å². The van der Waals surface area contributed by atoms with Gasteiger partial charge in [0.1, 0.15) is 30.3 Å². The van der Waals surface area contributed by atoms with Crippen molar-refractivity contribution >= 4 is 11.1 Å². The lowest BCUT2D eigenvalue weighted by Gasteiger charge is -2.03. The van der Waals surface area contributed by atoms with Crippen molar-refractivity contribution in [3.63, 3.8) is 0 Å². The third kappa shape index (κ3) is 3.24. The van der Waals surface area contributed by atoms with Crippen molar-refractivity contribution in [3.8, 4) is 33.8 Å². The Morgan fingerprint density at radius 2 is 1.70 bits per heavy atom. The molecular formula is C23H16F2N4O. The van der Waals surface area contributed by atoms with Gasteiger partial charge in [-0.1, -0.05) is 30.3 Å². The first-order chi connectivity index (χ1) is 14.7. The van der Waals surface area contributed by atoms with Gasteiger partial charge in [-0.05, 0) is 30.3 Å². The Hall–Kier alpha value is -3.87. The molecule has 0 radical (unpaired) electrons. The zero-order valence-corrected chi connectivity index (χ0v) is 15.8. The maximum atomic E-state index is 13.4. The average Bonchev–Trinajstić information content (AvgIpc) is 3.39. The summed E-state index contributed by atoms with van der Waals surface area (Å²) in [5.41, 5.74) is 3.99. The standard InChI is InChI=1S/C23H16F2N4O/c24-10-11-29-13-19(21(28-29)16-6-8-17(25)9-7-16)22-18-12-20(15-4-2-1-3-5-15)30-23(18)27-14-26-22/h1-9,12-14H,10-11H2. The molecule has 0 saturated heterocycles. The first-order valence-electron chi connectivity index (χ1n) is 9.42. The second kappa shape index (κ2) is 7.51. The highest BCUT2D eigenvalue weighted by molar-refractivity contribution is 5.95. The highest BCUT2D eigenvalue weighted by Crippen LogP contribution is 2.36. The second-order valence-corrected chi connectivity index (χ2v) is 6.77. The molecular weight excluding hydrogens is 386 g/mol. The van der Waals surface area contributed by atoms with E-state index >= 15 is 0 Å². The SMILES string of the molecule is FCCn1cc(-c2ncnc3oc(-c4ccccc4)cc23)c(-c2ccc(F)cc2)n1. The number of aromatic nitrogens is 4. The van der Waals surface area contributed by atoms with Gasteiger partial charge in [0.25, 0.3) is 0 Å². The highest BCUT2D eigenvalue weighted by atomic mass is 19.1. The van der Waals surface area contributed by atoms with Crippen molar-refractivity contribution in [2.75, 3.05) is 6.67 Å².